The van der Waals surface area contributed by atoms with E-state index >= 15 is 0 Å². The quantitative estimate of drug-likeness (QED) is 0.209. The second-order valence-corrected chi connectivity index (χ2v) is 12.0. The fourth-order valence-electron chi connectivity index (χ4n) is 6.77. The predicted octanol–water partition coefficient (Wildman–Crippen LogP) is 10.7. The molecule has 10 aromatic rings. The number of aromatic nitrogens is 3. The van der Waals surface area contributed by atoms with Gasteiger partial charge in [0.2, 0.25) is 0 Å². The number of nitrogens with zero attached hydrogens (tertiary/aromatic N) is 3. The molecule has 0 aliphatic rings. The number of benzene rings is 6. The molecule has 200 valence electrons. The van der Waals surface area contributed by atoms with E-state index in [0.29, 0.717) is 0 Å². The van der Waals surface area contributed by atoms with Crippen molar-refractivity contribution in [3.63, 3.8) is 0 Å². The van der Waals surface area contributed by atoms with Crippen LogP contribution >= 0.6 is 11.3 Å². The van der Waals surface area contributed by atoms with Crippen LogP contribution in [0.4, 0.5) is 0 Å². The number of hydrogen-bond donors (Lipinski definition) is 0. The van der Waals surface area contributed by atoms with Gasteiger partial charge in [0, 0.05) is 41.9 Å². The van der Waals surface area contributed by atoms with Crippen LogP contribution in [0.15, 0.2) is 132 Å². The van der Waals surface area contributed by atoms with Gasteiger partial charge in [0.05, 0.1) is 27.5 Å². The van der Waals surface area contributed by atoms with Crippen molar-refractivity contribution in [2.45, 2.75) is 0 Å². The van der Waals surface area contributed by atoms with E-state index in [1.54, 1.807) is 0 Å². The summed E-state index contributed by atoms with van der Waals surface area (Å²) in [5.74, 6) is 0.808. The average molecular weight is 568 g/mol. The summed E-state index contributed by atoms with van der Waals surface area (Å²) < 4.78 is 11.6. The lowest BCUT2D eigenvalue weighted by molar-refractivity contribution is 0.673. The summed E-state index contributed by atoms with van der Waals surface area (Å²) in [5.41, 5.74) is 7.59. The van der Waals surface area contributed by atoms with E-state index in [2.05, 4.69) is 95.6 Å². The first kappa shape index (κ1) is 23.1. The van der Waals surface area contributed by atoms with Gasteiger partial charge in [-0.25, -0.2) is 9.97 Å². The average Bonchev–Trinajstić information content (AvgIpc) is 3.74. The van der Waals surface area contributed by atoms with Crippen LogP contribution in [-0.2, 0) is 0 Å². The Morgan fingerprint density at radius 2 is 1.23 bits per heavy atom. The van der Waals surface area contributed by atoms with Gasteiger partial charge in [-0.1, -0.05) is 97.1 Å². The molecule has 0 bridgehead atoms. The molecule has 0 atom stereocenters. The highest BCUT2D eigenvalue weighted by Gasteiger charge is 2.27. The van der Waals surface area contributed by atoms with Gasteiger partial charge < -0.3 is 4.42 Å². The van der Waals surface area contributed by atoms with E-state index in [1.165, 1.54) is 30.9 Å². The Labute approximate surface area is 249 Å². The number of fused-ring (bicyclic) bond motifs is 13. The minimum atomic E-state index is 0.808. The third-order valence-corrected chi connectivity index (χ3v) is 9.76. The van der Waals surface area contributed by atoms with E-state index < -0.39 is 0 Å². The summed E-state index contributed by atoms with van der Waals surface area (Å²) in [6.07, 6.45) is 0. The van der Waals surface area contributed by atoms with Crippen LogP contribution in [-0.4, -0.2) is 14.5 Å². The first-order valence-electron chi connectivity index (χ1n) is 14.4. The minimum Gasteiger partial charge on any atom is -0.455 e. The first-order chi connectivity index (χ1) is 21.3. The van der Waals surface area contributed by atoms with Gasteiger partial charge in [0.1, 0.15) is 16.9 Å². The molecule has 0 spiro atoms. The van der Waals surface area contributed by atoms with Crippen LogP contribution in [0.1, 0.15) is 0 Å². The van der Waals surface area contributed by atoms with Gasteiger partial charge >= 0.3 is 0 Å². The van der Waals surface area contributed by atoms with E-state index in [1.807, 2.05) is 47.7 Å². The highest BCUT2D eigenvalue weighted by Crippen LogP contribution is 2.50. The molecule has 0 saturated carbocycles. The fourth-order valence-corrected chi connectivity index (χ4v) is 8.03. The number of hydrogen-bond acceptors (Lipinski definition) is 4. The molecule has 0 aliphatic heterocycles. The van der Waals surface area contributed by atoms with Crippen molar-refractivity contribution in [1.29, 1.82) is 0 Å². The molecule has 0 aliphatic carbocycles. The molecule has 4 aromatic heterocycles. The summed E-state index contributed by atoms with van der Waals surface area (Å²) in [7, 11) is 0. The highest BCUT2D eigenvalue weighted by atomic mass is 32.1. The molecule has 5 heteroatoms. The van der Waals surface area contributed by atoms with Gasteiger partial charge in [0.15, 0.2) is 5.82 Å². The summed E-state index contributed by atoms with van der Waals surface area (Å²) >= 11 is 1.83. The van der Waals surface area contributed by atoms with Gasteiger partial charge in [-0.3, -0.25) is 4.57 Å². The molecule has 6 aromatic carbocycles. The lowest BCUT2D eigenvalue weighted by Crippen LogP contribution is -2.03. The highest BCUT2D eigenvalue weighted by molar-refractivity contribution is 7.27. The van der Waals surface area contributed by atoms with E-state index in [9.17, 15) is 0 Å². The summed E-state index contributed by atoms with van der Waals surface area (Å²) in [6.45, 7) is 0. The third kappa shape index (κ3) is 3.09. The first-order valence-corrected chi connectivity index (χ1v) is 15.2. The molecule has 4 heterocycles. The van der Waals surface area contributed by atoms with Crippen molar-refractivity contribution in [3.05, 3.63) is 127 Å². The van der Waals surface area contributed by atoms with Crippen LogP contribution in [0.25, 0.3) is 92.0 Å². The molecule has 10 rings (SSSR count). The standard InChI is InChI=1S/C38H21N3OS/c1-2-12-22(13-3-1)34-38(40-27-18-8-7-17-26(27)39-34)41-28-19-9-4-14-23(28)32-35(41)31-24-15-5-10-20-29(24)42-36(31)33-25-16-6-11-21-30(25)43-37(32)33/h1-21H. The number of rotatable bonds is 2. The van der Waals surface area contributed by atoms with E-state index in [0.717, 1.165) is 61.1 Å². The van der Waals surface area contributed by atoms with Crippen LogP contribution in [0.5, 0.6) is 0 Å². The second-order valence-electron chi connectivity index (χ2n) is 10.9. The van der Waals surface area contributed by atoms with Crippen molar-refractivity contribution in [2.24, 2.45) is 0 Å². The molecule has 43 heavy (non-hydrogen) atoms. The Bertz CT molecular complexity index is 2700. The number of furan rings is 1. The molecule has 4 nitrogen and oxygen atoms in total. The van der Waals surface area contributed by atoms with Crippen LogP contribution in [0.3, 0.4) is 0 Å². The Balaban J connectivity index is 1.52. The maximum atomic E-state index is 6.77. The Morgan fingerprint density at radius 1 is 0.558 bits per heavy atom. The number of thiophene rings is 1. The maximum absolute atomic E-state index is 6.77. The third-order valence-electron chi connectivity index (χ3n) is 8.57. The molecule has 0 unspecified atom stereocenters. The zero-order valence-electron chi connectivity index (χ0n) is 22.8. The summed E-state index contributed by atoms with van der Waals surface area (Å²) in [5, 5.41) is 7.01. The van der Waals surface area contributed by atoms with E-state index in [4.69, 9.17) is 14.4 Å². The number of para-hydroxylation sites is 4. The zero-order chi connectivity index (χ0) is 28.1. The lowest BCUT2D eigenvalue weighted by atomic mass is 10.0. The van der Waals surface area contributed by atoms with Crippen molar-refractivity contribution < 1.29 is 4.42 Å². The van der Waals surface area contributed by atoms with Gasteiger partial charge in [0.25, 0.3) is 0 Å². The SMILES string of the molecule is c1ccc(-c2nc3ccccc3nc2-n2c3ccccc3c3c4sc5ccccc5c4c4oc5ccccc5c4c32)cc1. The van der Waals surface area contributed by atoms with Crippen LogP contribution in [0.2, 0.25) is 0 Å². The Kier molecular flexibility index (Phi) is 4.57. The van der Waals surface area contributed by atoms with Crippen molar-refractivity contribution >= 4 is 86.3 Å². The summed E-state index contributed by atoms with van der Waals surface area (Å²) in [4.78, 5) is 10.6. The van der Waals surface area contributed by atoms with Crippen molar-refractivity contribution in [3.8, 4) is 17.1 Å². The predicted molar refractivity (Wildman–Crippen MR) is 179 cm³/mol. The topological polar surface area (TPSA) is 43.9 Å². The Hall–Kier alpha value is -5.52. The van der Waals surface area contributed by atoms with Crippen LogP contribution < -0.4 is 0 Å². The second kappa shape index (κ2) is 8.51. The summed E-state index contributed by atoms with van der Waals surface area (Å²) in [6, 6.07) is 44.2. The monoisotopic (exact) mass is 567 g/mol. The van der Waals surface area contributed by atoms with Crippen LogP contribution in [0, 0.1) is 0 Å². The molecule has 0 fully saturated rings. The van der Waals surface area contributed by atoms with Gasteiger partial charge in [-0.05, 0) is 30.3 Å². The zero-order valence-corrected chi connectivity index (χ0v) is 23.6. The van der Waals surface area contributed by atoms with Crippen molar-refractivity contribution in [1.82, 2.24) is 14.5 Å². The Morgan fingerprint density at radius 3 is 2.09 bits per heavy atom. The molecule has 0 radical (unpaired) electrons. The normalized spacial score (nSPS) is 12.2. The van der Waals surface area contributed by atoms with Gasteiger partial charge in [-0.15, -0.1) is 11.3 Å². The fraction of sp³-hybridized carbons (Fsp3) is 0. The molecule has 0 amide bonds. The molecule has 0 N–H and O–H groups in total. The van der Waals surface area contributed by atoms with Gasteiger partial charge in [-0.2, -0.15) is 0 Å². The minimum absolute atomic E-state index is 0.808. The molecular weight excluding hydrogens is 547 g/mol. The largest absolute Gasteiger partial charge is 0.455 e. The smallest absolute Gasteiger partial charge is 0.165 e. The van der Waals surface area contributed by atoms with E-state index in [-0.39, 0.29) is 0 Å². The maximum Gasteiger partial charge on any atom is 0.165 e. The molecule has 0 saturated heterocycles. The molecular formula is C38H21N3OS. The van der Waals surface area contributed by atoms with Crippen molar-refractivity contribution in [2.75, 3.05) is 0 Å². The lowest BCUT2D eigenvalue weighted by Gasteiger charge is -2.14.